The molecule has 0 saturated carbocycles. The number of nitrogens with one attached hydrogen (secondary N) is 1. The molecule has 0 bridgehead atoms. The lowest BCUT2D eigenvalue weighted by Gasteiger charge is -2.19. The highest BCUT2D eigenvalue weighted by Gasteiger charge is 2.17. The van der Waals surface area contributed by atoms with E-state index in [1.165, 1.54) is 199 Å². The molecule has 1 amide bonds. The average molecular weight is 772 g/mol. The van der Waals surface area contributed by atoms with Crippen molar-refractivity contribution >= 4 is 5.91 Å². The molecule has 2 unspecified atom stereocenters. The third-order valence-electron chi connectivity index (χ3n) is 11.3. The van der Waals surface area contributed by atoms with Crippen molar-refractivity contribution in [3.05, 3.63) is 36.5 Å². The van der Waals surface area contributed by atoms with Crippen LogP contribution in [0.15, 0.2) is 36.5 Å². The Morgan fingerprint density at radius 3 is 1.02 bits per heavy atom. The molecule has 0 aliphatic carbocycles. The van der Waals surface area contributed by atoms with Crippen molar-refractivity contribution in [1.29, 1.82) is 0 Å². The van der Waals surface area contributed by atoms with Gasteiger partial charge in [-0.05, 0) is 38.5 Å². The summed E-state index contributed by atoms with van der Waals surface area (Å²) in [4.78, 5) is 12.4. The number of amides is 1. The first-order valence-electron chi connectivity index (χ1n) is 24.7. The maximum atomic E-state index is 12.4. The third kappa shape index (κ3) is 43.6. The number of carbonyl (C=O) groups is 1. The fourth-order valence-corrected chi connectivity index (χ4v) is 7.57. The van der Waals surface area contributed by atoms with Crippen LogP contribution in [0.3, 0.4) is 0 Å². The van der Waals surface area contributed by atoms with Gasteiger partial charge in [0.1, 0.15) is 0 Å². The van der Waals surface area contributed by atoms with Crippen LogP contribution in [0.1, 0.15) is 264 Å². The van der Waals surface area contributed by atoms with E-state index in [1.807, 2.05) is 6.08 Å². The van der Waals surface area contributed by atoms with Crippen molar-refractivity contribution in [2.24, 2.45) is 0 Å². The number of rotatable bonds is 45. The summed E-state index contributed by atoms with van der Waals surface area (Å²) in [6, 6.07) is -0.641. The maximum Gasteiger partial charge on any atom is 0.220 e. The topological polar surface area (TPSA) is 69.6 Å². The molecule has 0 saturated heterocycles. The molecule has 4 nitrogen and oxygen atoms in total. The molecule has 0 aromatic rings. The first-order chi connectivity index (χ1) is 27.2. The Balaban J connectivity index is 3.40. The van der Waals surface area contributed by atoms with Gasteiger partial charge in [0, 0.05) is 6.42 Å². The van der Waals surface area contributed by atoms with Crippen molar-refractivity contribution < 1.29 is 15.0 Å². The Morgan fingerprint density at radius 1 is 0.418 bits per heavy atom. The molecule has 0 fully saturated rings. The van der Waals surface area contributed by atoms with Gasteiger partial charge in [0.25, 0.3) is 0 Å². The van der Waals surface area contributed by atoms with Gasteiger partial charge in [-0.2, -0.15) is 0 Å². The van der Waals surface area contributed by atoms with Crippen LogP contribution in [0, 0.1) is 0 Å². The molecule has 55 heavy (non-hydrogen) atoms. The van der Waals surface area contributed by atoms with Crippen molar-refractivity contribution in [1.82, 2.24) is 5.32 Å². The number of aliphatic hydroxyl groups is 2. The fraction of sp³-hybridized carbons (Fsp3) is 0.863. The predicted octanol–water partition coefficient (Wildman–Crippen LogP) is 15.7. The van der Waals surface area contributed by atoms with Crippen LogP contribution in [0.4, 0.5) is 0 Å². The predicted molar refractivity (Wildman–Crippen MR) is 244 cm³/mol. The molecule has 4 heteroatoms. The van der Waals surface area contributed by atoms with Gasteiger partial charge in [-0.1, -0.05) is 256 Å². The summed E-state index contributed by atoms with van der Waals surface area (Å²) in [6.45, 7) is 4.23. The van der Waals surface area contributed by atoms with Gasteiger partial charge in [-0.15, -0.1) is 0 Å². The smallest absolute Gasteiger partial charge is 0.220 e. The van der Waals surface area contributed by atoms with E-state index in [1.54, 1.807) is 6.08 Å². The lowest BCUT2D eigenvalue weighted by atomic mass is 10.0. The molecule has 0 aliphatic heterocycles. The summed E-state index contributed by atoms with van der Waals surface area (Å²) in [7, 11) is 0. The summed E-state index contributed by atoms with van der Waals surface area (Å²) in [5.41, 5.74) is 0. The van der Waals surface area contributed by atoms with Gasteiger partial charge >= 0.3 is 0 Å². The van der Waals surface area contributed by atoms with Crippen LogP contribution in [0.5, 0.6) is 0 Å². The summed E-state index contributed by atoms with van der Waals surface area (Å²) in [5, 5.41) is 22.9. The Labute approximate surface area is 344 Å². The highest BCUT2D eigenvalue weighted by molar-refractivity contribution is 5.76. The first kappa shape index (κ1) is 53.6. The highest BCUT2D eigenvalue weighted by Crippen LogP contribution is 2.17. The Morgan fingerprint density at radius 2 is 0.709 bits per heavy atom. The van der Waals surface area contributed by atoms with E-state index >= 15 is 0 Å². The SMILES string of the molecule is CCC/C=C/CC/C=C/CC/C=C/C(O)C(CO)NC(=O)CCCCCCCCCCCCCCCCCCCCCCCCCCCCCCCCCC. The van der Waals surface area contributed by atoms with Gasteiger partial charge in [-0.25, -0.2) is 0 Å². The lowest BCUT2D eigenvalue weighted by molar-refractivity contribution is -0.123. The minimum atomic E-state index is -0.866. The van der Waals surface area contributed by atoms with Gasteiger partial charge < -0.3 is 15.5 Å². The molecule has 0 aromatic carbocycles. The van der Waals surface area contributed by atoms with Crippen molar-refractivity contribution in [2.75, 3.05) is 6.61 Å². The van der Waals surface area contributed by atoms with Crippen LogP contribution in [0.25, 0.3) is 0 Å². The van der Waals surface area contributed by atoms with E-state index in [2.05, 4.69) is 43.5 Å². The van der Waals surface area contributed by atoms with E-state index in [4.69, 9.17) is 0 Å². The second kappa shape index (κ2) is 47.0. The molecule has 0 radical (unpaired) electrons. The van der Waals surface area contributed by atoms with E-state index in [9.17, 15) is 15.0 Å². The molecule has 0 heterocycles. The van der Waals surface area contributed by atoms with Crippen LogP contribution in [-0.4, -0.2) is 34.9 Å². The summed E-state index contributed by atoms with van der Waals surface area (Å²) < 4.78 is 0. The summed E-state index contributed by atoms with van der Waals surface area (Å²) in [5.74, 6) is -0.0759. The third-order valence-corrected chi connectivity index (χ3v) is 11.3. The molecular weight excluding hydrogens is 675 g/mol. The number of allylic oxidation sites excluding steroid dienone is 5. The van der Waals surface area contributed by atoms with E-state index < -0.39 is 12.1 Å². The normalized spacial score (nSPS) is 13.2. The number of aliphatic hydroxyl groups excluding tert-OH is 2. The zero-order chi connectivity index (χ0) is 40.0. The Kier molecular flexibility index (Phi) is 45.8. The van der Waals surface area contributed by atoms with Crippen molar-refractivity contribution in [3.63, 3.8) is 0 Å². The maximum absolute atomic E-state index is 12.4. The standard InChI is InChI=1S/C51H97NO3/c1-3-5-7-9-11-13-15-16-17-18-19-20-21-22-23-24-25-26-27-28-29-30-31-32-33-34-35-37-39-41-43-45-47-51(55)52-49(48-53)50(54)46-44-42-40-38-36-14-12-10-8-6-4-2/h8,10,36,38,44,46,49-50,53-54H,3-7,9,11-35,37,39-43,45,47-48H2,1-2H3,(H,52,55)/b10-8+,38-36+,46-44+. The molecule has 2 atom stereocenters. The molecular formula is C51H97NO3. The van der Waals surface area contributed by atoms with Crippen LogP contribution in [-0.2, 0) is 4.79 Å². The van der Waals surface area contributed by atoms with Gasteiger partial charge in [0.15, 0.2) is 0 Å². The van der Waals surface area contributed by atoms with Gasteiger partial charge in [0.2, 0.25) is 5.91 Å². The zero-order valence-corrected chi connectivity index (χ0v) is 37.2. The van der Waals surface area contributed by atoms with Crippen LogP contribution in [0.2, 0.25) is 0 Å². The van der Waals surface area contributed by atoms with Crippen LogP contribution >= 0.6 is 0 Å². The Bertz CT molecular complexity index is 836. The largest absolute Gasteiger partial charge is 0.394 e. The number of carbonyl (C=O) groups excluding carboxylic acids is 1. The van der Waals surface area contributed by atoms with E-state index in [0.29, 0.717) is 6.42 Å². The van der Waals surface area contributed by atoms with Gasteiger partial charge in [0.05, 0.1) is 18.8 Å². The molecule has 0 aliphatic rings. The fourth-order valence-electron chi connectivity index (χ4n) is 7.57. The van der Waals surface area contributed by atoms with Gasteiger partial charge in [-0.3, -0.25) is 4.79 Å². The van der Waals surface area contributed by atoms with Crippen LogP contribution < -0.4 is 5.32 Å². The molecule has 0 rings (SSSR count). The number of hydrogen-bond donors (Lipinski definition) is 3. The zero-order valence-electron chi connectivity index (χ0n) is 37.2. The summed E-state index contributed by atoms with van der Waals surface area (Å²) >= 11 is 0. The highest BCUT2D eigenvalue weighted by atomic mass is 16.3. The number of hydrogen-bond acceptors (Lipinski definition) is 3. The monoisotopic (exact) mass is 772 g/mol. The molecule has 0 aromatic heterocycles. The second-order valence-corrected chi connectivity index (χ2v) is 16.9. The quantitative estimate of drug-likeness (QED) is 0.0426. The average Bonchev–Trinajstić information content (AvgIpc) is 3.19. The summed E-state index contributed by atoms with van der Waals surface area (Å²) in [6.07, 6.45) is 63.0. The van der Waals surface area contributed by atoms with Crippen molar-refractivity contribution in [3.8, 4) is 0 Å². The minimum absolute atomic E-state index is 0.0759. The molecule has 324 valence electrons. The molecule has 0 spiro atoms. The Hall–Kier alpha value is -1.39. The van der Waals surface area contributed by atoms with E-state index in [0.717, 1.165) is 44.9 Å². The molecule has 3 N–H and O–H groups in total. The van der Waals surface area contributed by atoms with E-state index in [-0.39, 0.29) is 12.5 Å². The first-order valence-corrected chi connectivity index (χ1v) is 24.7. The second-order valence-electron chi connectivity index (χ2n) is 16.9. The van der Waals surface area contributed by atoms with Crippen molar-refractivity contribution in [2.45, 2.75) is 276 Å². The minimum Gasteiger partial charge on any atom is -0.394 e. The lowest BCUT2D eigenvalue weighted by Crippen LogP contribution is -2.45. The number of unbranched alkanes of at least 4 members (excludes halogenated alkanes) is 34.